The molecule has 0 bridgehead atoms. The third kappa shape index (κ3) is 7.61. The molecule has 0 radical (unpaired) electrons. The molecule has 0 unspecified atom stereocenters. The average Bonchev–Trinajstić information content (AvgIpc) is 3.08. The second kappa shape index (κ2) is 13.1. The number of piperazine rings is 1. The second-order valence-corrected chi connectivity index (χ2v) is 12.2. The molecular formula is C26H40ClF3N2O4S. The maximum atomic E-state index is 13.3. The molecule has 11 heteroatoms. The van der Waals surface area contributed by atoms with Crippen molar-refractivity contribution in [2.45, 2.75) is 83.4 Å². The SMILES string of the molecule is CCCS(=O)(=O)N1CCN(C2(CCC(=O)c3c(C)cc(C(F)(F)F)cc3OC)CCCCCC2)CC1.Cl. The number of benzene rings is 1. The molecule has 1 aromatic rings. The smallest absolute Gasteiger partial charge is 0.416 e. The number of ether oxygens (including phenoxy) is 1. The Bertz CT molecular complexity index is 1020. The second-order valence-electron chi connectivity index (χ2n) is 10.1. The third-order valence-electron chi connectivity index (χ3n) is 7.74. The summed E-state index contributed by atoms with van der Waals surface area (Å²) in [5.41, 5.74) is -0.564. The number of methoxy groups -OCH3 is 1. The molecule has 37 heavy (non-hydrogen) atoms. The van der Waals surface area contributed by atoms with Crippen molar-refractivity contribution in [2.75, 3.05) is 39.0 Å². The van der Waals surface area contributed by atoms with E-state index in [0.717, 1.165) is 50.7 Å². The van der Waals surface area contributed by atoms with Gasteiger partial charge in [0.1, 0.15) is 5.75 Å². The zero-order valence-corrected chi connectivity index (χ0v) is 23.7. The van der Waals surface area contributed by atoms with Gasteiger partial charge in [0.15, 0.2) is 5.78 Å². The van der Waals surface area contributed by atoms with Crippen LogP contribution in [0.2, 0.25) is 0 Å². The predicted octanol–water partition coefficient (Wildman–Crippen LogP) is 5.86. The first-order valence-corrected chi connectivity index (χ1v) is 14.6. The molecule has 1 saturated heterocycles. The van der Waals surface area contributed by atoms with E-state index in [0.29, 0.717) is 39.0 Å². The average molecular weight is 569 g/mol. The number of nitrogens with zero attached hydrogens (tertiary/aromatic N) is 2. The number of Topliss-reactive ketones (excluding diaryl/α,β-unsaturated/α-hetero) is 1. The Labute approximate surface area is 225 Å². The molecule has 1 aromatic carbocycles. The maximum absolute atomic E-state index is 13.3. The van der Waals surface area contributed by atoms with Crippen LogP contribution in [0.1, 0.15) is 86.2 Å². The highest BCUT2D eigenvalue weighted by Crippen LogP contribution is 2.39. The van der Waals surface area contributed by atoms with E-state index in [4.69, 9.17) is 4.74 Å². The maximum Gasteiger partial charge on any atom is 0.416 e. The van der Waals surface area contributed by atoms with Gasteiger partial charge in [0.2, 0.25) is 10.0 Å². The topological polar surface area (TPSA) is 66.9 Å². The van der Waals surface area contributed by atoms with Gasteiger partial charge >= 0.3 is 6.18 Å². The molecule has 0 amide bonds. The molecule has 1 aliphatic heterocycles. The Hall–Kier alpha value is -1.36. The van der Waals surface area contributed by atoms with Gasteiger partial charge in [0.05, 0.1) is 24.0 Å². The summed E-state index contributed by atoms with van der Waals surface area (Å²) >= 11 is 0. The van der Waals surface area contributed by atoms with E-state index >= 15 is 0 Å². The molecule has 0 atom stereocenters. The third-order valence-corrected chi connectivity index (χ3v) is 9.82. The monoisotopic (exact) mass is 568 g/mol. The van der Waals surface area contributed by atoms with Crippen molar-refractivity contribution in [3.8, 4) is 5.75 Å². The van der Waals surface area contributed by atoms with Crippen LogP contribution in [-0.4, -0.2) is 68.0 Å². The predicted molar refractivity (Wildman–Crippen MR) is 141 cm³/mol. The highest BCUT2D eigenvalue weighted by molar-refractivity contribution is 7.89. The van der Waals surface area contributed by atoms with Crippen LogP contribution in [0.3, 0.4) is 0 Å². The Kier molecular flexibility index (Phi) is 11.3. The quantitative estimate of drug-likeness (QED) is 0.276. The van der Waals surface area contributed by atoms with Crippen LogP contribution < -0.4 is 4.74 Å². The van der Waals surface area contributed by atoms with Crippen LogP contribution in [0.15, 0.2) is 12.1 Å². The fraction of sp³-hybridized carbons (Fsp3) is 0.731. The molecule has 1 aliphatic carbocycles. The fourth-order valence-corrected chi connectivity index (χ4v) is 7.34. The van der Waals surface area contributed by atoms with E-state index in [1.54, 1.807) is 4.31 Å². The van der Waals surface area contributed by atoms with Gasteiger partial charge in [-0.1, -0.05) is 32.6 Å². The van der Waals surface area contributed by atoms with Gasteiger partial charge in [-0.15, -0.1) is 12.4 Å². The van der Waals surface area contributed by atoms with Crippen molar-refractivity contribution in [3.63, 3.8) is 0 Å². The van der Waals surface area contributed by atoms with E-state index < -0.39 is 21.8 Å². The molecule has 0 aromatic heterocycles. The number of carbonyl (C=O) groups is 1. The lowest BCUT2D eigenvalue weighted by Crippen LogP contribution is -2.58. The van der Waals surface area contributed by atoms with Gasteiger partial charge in [-0.05, 0) is 50.3 Å². The first-order chi connectivity index (χ1) is 16.9. The summed E-state index contributed by atoms with van der Waals surface area (Å²) < 4.78 is 71.6. The molecule has 1 heterocycles. The van der Waals surface area contributed by atoms with Crippen molar-refractivity contribution in [3.05, 3.63) is 28.8 Å². The first-order valence-electron chi connectivity index (χ1n) is 13.0. The Morgan fingerprint density at radius 1 is 1.05 bits per heavy atom. The number of hydrogen-bond donors (Lipinski definition) is 0. The summed E-state index contributed by atoms with van der Waals surface area (Å²) in [6.07, 6.45) is 3.09. The molecule has 1 saturated carbocycles. The zero-order chi connectivity index (χ0) is 26.6. The van der Waals surface area contributed by atoms with E-state index in [-0.39, 0.29) is 52.8 Å². The number of rotatable bonds is 9. The van der Waals surface area contributed by atoms with E-state index in [2.05, 4.69) is 4.90 Å². The van der Waals surface area contributed by atoms with Gasteiger partial charge in [-0.2, -0.15) is 17.5 Å². The van der Waals surface area contributed by atoms with Gasteiger partial charge in [-0.25, -0.2) is 8.42 Å². The van der Waals surface area contributed by atoms with Crippen molar-refractivity contribution >= 4 is 28.2 Å². The largest absolute Gasteiger partial charge is 0.496 e. The standard InChI is InChI=1S/C26H39F3N2O4S.ClH/c1-4-17-36(33,34)31-15-13-30(14-16-31)25(10-7-5-6-8-11-25)12-9-22(32)24-20(2)18-21(26(27,28)29)19-23(24)35-3;/h18-19H,4-17H2,1-3H3;1H. The summed E-state index contributed by atoms with van der Waals surface area (Å²) in [5, 5.41) is 0. The molecule has 2 aliphatic rings. The normalized spacial score (nSPS) is 19.6. The molecule has 6 nitrogen and oxygen atoms in total. The van der Waals surface area contributed by atoms with E-state index in [1.165, 1.54) is 14.0 Å². The molecule has 0 N–H and O–H groups in total. The number of hydrogen-bond acceptors (Lipinski definition) is 5. The zero-order valence-electron chi connectivity index (χ0n) is 22.0. The van der Waals surface area contributed by atoms with Crippen LogP contribution in [-0.2, 0) is 16.2 Å². The first kappa shape index (κ1) is 31.9. The molecule has 0 spiro atoms. The summed E-state index contributed by atoms with van der Waals surface area (Å²) in [6.45, 7) is 5.52. The van der Waals surface area contributed by atoms with E-state index in [9.17, 15) is 26.4 Å². The van der Waals surface area contributed by atoms with Crippen LogP contribution >= 0.6 is 12.4 Å². The summed E-state index contributed by atoms with van der Waals surface area (Å²) in [7, 11) is -1.96. The number of sulfonamides is 1. The minimum atomic E-state index is -4.52. The fourth-order valence-electron chi connectivity index (χ4n) is 5.85. The van der Waals surface area contributed by atoms with Crippen molar-refractivity contribution < 1.29 is 31.1 Å². The summed E-state index contributed by atoms with van der Waals surface area (Å²) in [4.78, 5) is 15.7. The summed E-state index contributed by atoms with van der Waals surface area (Å²) in [5.74, 6) is -0.108. The van der Waals surface area contributed by atoms with Crippen LogP contribution in [0, 0.1) is 6.92 Å². The molecule has 212 valence electrons. The molecular weight excluding hydrogens is 529 g/mol. The Morgan fingerprint density at radius 3 is 2.16 bits per heavy atom. The van der Waals surface area contributed by atoms with Gasteiger partial charge in [-0.3, -0.25) is 9.69 Å². The van der Waals surface area contributed by atoms with Crippen LogP contribution in [0.4, 0.5) is 13.2 Å². The van der Waals surface area contributed by atoms with Gasteiger partial charge < -0.3 is 4.74 Å². The number of halogens is 4. The number of ketones is 1. The van der Waals surface area contributed by atoms with Gasteiger partial charge in [0.25, 0.3) is 0 Å². The highest BCUT2D eigenvalue weighted by atomic mass is 35.5. The minimum Gasteiger partial charge on any atom is -0.496 e. The van der Waals surface area contributed by atoms with Crippen LogP contribution in [0.25, 0.3) is 0 Å². The van der Waals surface area contributed by atoms with Gasteiger partial charge in [0, 0.05) is 38.1 Å². The number of carbonyl (C=O) groups excluding carboxylic acids is 1. The Morgan fingerprint density at radius 2 is 1.65 bits per heavy atom. The highest BCUT2D eigenvalue weighted by Gasteiger charge is 2.40. The summed E-state index contributed by atoms with van der Waals surface area (Å²) in [6, 6.07) is 1.91. The lowest BCUT2D eigenvalue weighted by molar-refractivity contribution is -0.137. The van der Waals surface area contributed by atoms with Crippen molar-refractivity contribution in [1.29, 1.82) is 0 Å². The molecule has 2 fully saturated rings. The van der Waals surface area contributed by atoms with Crippen molar-refractivity contribution in [1.82, 2.24) is 9.21 Å². The number of aryl methyl sites for hydroxylation is 1. The lowest BCUT2D eigenvalue weighted by atomic mass is 9.81. The Balaban J connectivity index is 0.00000481. The lowest BCUT2D eigenvalue weighted by Gasteiger charge is -2.48. The minimum absolute atomic E-state index is 0. The van der Waals surface area contributed by atoms with Crippen LogP contribution in [0.5, 0.6) is 5.75 Å². The van der Waals surface area contributed by atoms with E-state index in [1.807, 2.05) is 6.92 Å². The number of alkyl halides is 3. The van der Waals surface area contributed by atoms with Crippen molar-refractivity contribution in [2.24, 2.45) is 0 Å². The molecule has 3 rings (SSSR count).